The van der Waals surface area contributed by atoms with Crippen LogP contribution in [0.1, 0.15) is 56.0 Å². The van der Waals surface area contributed by atoms with Crippen LogP contribution in [0.4, 0.5) is 13.2 Å². The summed E-state index contributed by atoms with van der Waals surface area (Å²) in [7, 11) is 1.48. The number of pyridine rings is 1. The molecule has 1 aliphatic heterocycles. The van der Waals surface area contributed by atoms with Crippen LogP contribution in [0.15, 0.2) is 51.9 Å². The van der Waals surface area contributed by atoms with Crippen LogP contribution >= 0.6 is 15.9 Å². The number of carbonyl (C=O) groups excluding carboxylic acids is 2. The molecule has 14 heteroatoms. The Morgan fingerprint density at radius 2 is 1.86 bits per heavy atom. The normalized spacial score (nSPS) is 15.0. The molecule has 0 unspecified atom stereocenters. The van der Waals surface area contributed by atoms with Crippen LogP contribution < -0.4 is 10.9 Å². The fraction of sp³-hybridized carbons (Fsp3) is 0.286. The molecule has 218 valence electrons. The molecule has 0 aliphatic carbocycles. The number of hydrogen-bond donors (Lipinski definition) is 1. The summed E-state index contributed by atoms with van der Waals surface area (Å²) in [4.78, 5) is 49.9. The smallest absolute Gasteiger partial charge is 0.354 e. The fourth-order valence-electron chi connectivity index (χ4n) is 4.95. The third-order valence-corrected chi connectivity index (χ3v) is 7.73. The van der Waals surface area contributed by atoms with E-state index in [0.717, 1.165) is 6.07 Å². The minimum absolute atomic E-state index is 0.0943. The number of amides is 2. The van der Waals surface area contributed by atoms with Crippen LogP contribution in [-0.2, 0) is 19.1 Å². The SMILES string of the molecule is CNC(=O)c1ccc(-n2c(-n3nc(C)cc3C)nc3c(c2=O)C[C@@H](C)N(C(=O)c2ccc(Br)c(C(F)(F)F)c2)C3)cn1. The van der Waals surface area contributed by atoms with Crippen LogP contribution in [0.2, 0.25) is 0 Å². The molecule has 0 saturated carbocycles. The maximum atomic E-state index is 14.0. The van der Waals surface area contributed by atoms with E-state index in [1.807, 2.05) is 6.07 Å². The first-order valence-electron chi connectivity index (χ1n) is 12.8. The van der Waals surface area contributed by atoms with Crippen LogP contribution in [0.5, 0.6) is 0 Å². The Hall–Kier alpha value is -4.33. The molecule has 0 bridgehead atoms. The summed E-state index contributed by atoms with van der Waals surface area (Å²) in [6, 6.07) is 7.70. The highest BCUT2D eigenvalue weighted by molar-refractivity contribution is 9.10. The van der Waals surface area contributed by atoms with Gasteiger partial charge in [-0.25, -0.2) is 19.2 Å². The topological polar surface area (TPSA) is 115 Å². The molecule has 2 amide bonds. The number of carbonyl (C=O) groups is 2. The standard InChI is InChI=1S/C28H25BrF3N7O3/c1-14-9-16(3)39(36-14)27-35-23-13-37(25(41)17-5-7-21(29)20(11-17)28(30,31)32)15(2)10-19(23)26(42)38(27)18-6-8-22(34-12-18)24(40)33-4/h5-9,11-12,15H,10,13H2,1-4H3,(H,33,40)/t15-/m1/s1. The van der Waals surface area contributed by atoms with Crippen LogP contribution in [0.3, 0.4) is 0 Å². The van der Waals surface area contributed by atoms with Crippen molar-refractivity contribution in [3.63, 3.8) is 0 Å². The van der Waals surface area contributed by atoms with E-state index < -0.39 is 29.2 Å². The van der Waals surface area contributed by atoms with Gasteiger partial charge in [0.2, 0.25) is 5.95 Å². The lowest BCUT2D eigenvalue weighted by molar-refractivity contribution is -0.138. The molecule has 0 fully saturated rings. The van der Waals surface area contributed by atoms with Gasteiger partial charge in [0, 0.05) is 34.4 Å². The van der Waals surface area contributed by atoms with Gasteiger partial charge in [-0.3, -0.25) is 14.4 Å². The predicted molar refractivity (Wildman–Crippen MR) is 150 cm³/mol. The highest BCUT2D eigenvalue weighted by Gasteiger charge is 2.36. The molecule has 4 heterocycles. The number of hydrogen-bond acceptors (Lipinski definition) is 6. The Morgan fingerprint density at radius 1 is 1.12 bits per heavy atom. The van der Waals surface area contributed by atoms with Crippen molar-refractivity contribution in [2.45, 2.75) is 46.0 Å². The van der Waals surface area contributed by atoms with Crippen molar-refractivity contribution in [3.8, 4) is 11.6 Å². The van der Waals surface area contributed by atoms with Crippen molar-refractivity contribution in [1.82, 2.24) is 34.5 Å². The van der Waals surface area contributed by atoms with Crippen LogP contribution in [-0.4, -0.2) is 54.1 Å². The Bertz CT molecular complexity index is 1780. The molecule has 3 aromatic heterocycles. The first-order chi connectivity index (χ1) is 19.8. The van der Waals surface area contributed by atoms with Crippen molar-refractivity contribution < 1.29 is 22.8 Å². The summed E-state index contributed by atoms with van der Waals surface area (Å²) in [5.41, 5.74) is 1.07. The molecule has 1 atom stereocenters. The third-order valence-electron chi connectivity index (χ3n) is 7.04. The van der Waals surface area contributed by atoms with Crippen LogP contribution in [0.25, 0.3) is 11.6 Å². The lowest BCUT2D eigenvalue weighted by Gasteiger charge is -2.34. The van der Waals surface area contributed by atoms with Gasteiger partial charge in [-0.15, -0.1) is 0 Å². The molecular formula is C28H25BrF3N7O3. The molecule has 0 saturated heterocycles. The number of aryl methyl sites for hydroxylation is 2. The van der Waals surface area contributed by atoms with E-state index in [1.54, 1.807) is 26.8 Å². The molecule has 4 aromatic rings. The van der Waals surface area contributed by atoms with Gasteiger partial charge in [-0.1, -0.05) is 15.9 Å². The first kappa shape index (κ1) is 29.2. The number of fused-ring (bicyclic) bond motifs is 1. The molecule has 5 rings (SSSR count). The van der Waals surface area contributed by atoms with E-state index in [-0.39, 0.29) is 40.6 Å². The van der Waals surface area contributed by atoms with Crippen molar-refractivity contribution in [2.75, 3.05) is 7.05 Å². The van der Waals surface area contributed by atoms with Crippen LogP contribution in [0, 0.1) is 13.8 Å². The maximum absolute atomic E-state index is 14.0. The molecule has 0 radical (unpaired) electrons. The van der Waals surface area contributed by atoms with E-state index in [1.165, 1.54) is 45.6 Å². The van der Waals surface area contributed by atoms with E-state index >= 15 is 0 Å². The number of rotatable bonds is 4. The minimum Gasteiger partial charge on any atom is -0.354 e. The van der Waals surface area contributed by atoms with Crippen molar-refractivity contribution in [1.29, 1.82) is 0 Å². The van der Waals surface area contributed by atoms with E-state index in [0.29, 0.717) is 28.3 Å². The second-order valence-corrected chi connectivity index (χ2v) is 10.8. The number of aromatic nitrogens is 5. The highest BCUT2D eigenvalue weighted by Crippen LogP contribution is 2.36. The monoisotopic (exact) mass is 643 g/mol. The highest BCUT2D eigenvalue weighted by atomic mass is 79.9. The molecule has 0 spiro atoms. The average molecular weight is 644 g/mol. The fourth-order valence-corrected chi connectivity index (χ4v) is 5.42. The Labute approximate surface area is 246 Å². The lowest BCUT2D eigenvalue weighted by Crippen LogP contribution is -2.46. The van der Waals surface area contributed by atoms with Gasteiger partial charge in [0.1, 0.15) is 5.69 Å². The first-order valence-corrected chi connectivity index (χ1v) is 13.6. The van der Waals surface area contributed by atoms with Gasteiger partial charge < -0.3 is 10.2 Å². The molecule has 1 aliphatic rings. The Morgan fingerprint density at radius 3 is 2.45 bits per heavy atom. The van der Waals surface area contributed by atoms with Gasteiger partial charge >= 0.3 is 6.18 Å². The van der Waals surface area contributed by atoms with Gasteiger partial charge in [0.25, 0.3) is 17.4 Å². The Balaban J connectivity index is 1.62. The zero-order valence-electron chi connectivity index (χ0n) is 23.0. The minimum atomic E-state index is -4.65. The zero-order valence-corrected chi connectivity index (χ0v) is 24.5. The number of nitrogens with zero attached hydrogens (tertiary/aromatic N) is 6. The number of nitrogens with one attached hydrogen (secondary N) is 1. The predicted octanol–water partition coefficient (Wildman–Crippen LogP) is 4.16. The molecule has 1 N–H and O–H groups in total. The molecule has 1 aromatic carbocycles. The second-order valence-electron chi connectivity index (χ2n) is 9.98. The molecule has 42 heavy (non-hydrogen) atoms. The van der Waals surface area contributed by atoms with E-state index in [9.17, 15) is 27.6 Å². The van der Waals surface area contributed by atoms with Gasteiger partial charge in [0.15, 0.2) is 0 Å². The summed E-state index contributed by atoms with van der Waals surface area (Å²) >= 11 is 2.91. The molecular weight excluding hydrogens is 619 g/mol. The third kappa shape index (κ3) is 5.22. The number of halogens is 4. The van der Waals surface area contributed by atoms with E-state index in [2.05, 4.69) is 31.3 Å². The average Bonchev–Trinajstić information content (AvgIpc) is 3.29. The van der Waals surface area contributed by atoms with Crippen molar-refractivity contribution >= 4 is 27.7 Å². The van der Waals surface area contributed by atoms with Crippen molar-refractivity contribution in [3.05, 3.63) is 96.9 Å². The summed E-state index contributed by atoms with van der Waals surface area (Å²) in [5.74, 6) is -0.856. The van der Waals surface area contributed by atoms with Gasteiger partial charge in [-0.05, 0) is 63.6 Å². The summed E-state index contributed by atoms with van der Waals surface area (Å²) < 4.78 is 43.2. The number of benzene rings is 1. The Kier molecular flexibility index (Phi) is 7.51. The largest absolute Gasteiger partial charge is 0.417 e. The second kappa shape index (κ2) is 10.8. The zero-order chi connectivity index (χ0) is 30.5. The summed E-state index contributed by atoms with van der Waals surface area (Å²) in [6.07, 6.45) is -3.14. The molecule has 10 nitrogen and oxygen atoms in total. The lowest BCUT2D eigenvalue weighted by atomic mass is 9.98. The summed E-state index contributed by atoms with van der Waals surface area (Å²) in [5, 5.41) is 6.99. The number of alkyl halides is 3. The maximum Gasteiger partial charge on any atom is 0.417 e. The quantitative estimate of drug-likeness (QED) is 0.357. The van der Waals surface area contributed by atoms with Gasteiger partial charge in [0.05, 0.1) is 35.4 Å². The van der Waals surface area contributed by atoms with E-state index in [4.69, 9.17) is 4.98 Å². The van der Waals surface area contributed by atoms with Gasteiger partial charge in [-0.2, -0.15) is 18.3 Å². The summed E-state index contributed by atoms with van der Waals surface area (Å²) in [6.45, 7) is 5.22. The van der Waals surface area contributed by atoms with Crippen molar-refractivity contribution in [2.24, 2.45) is 0 Å².